The number of hydrogen-bond donors (Lipinski definition) is 1. The zero-order chi connectivity index (χ0) is 16.1. The van der Waals surface area contributed by atoms with Gasteiger partial charge in [-0.05, 0) is 54.3 Å². The molecular formula is C17H18BrNO2S. The van der Waals surface area contributed by atoms with Gasteiger partial charge in [-0.1, -0.05) is 34.1 Å². The monoisotopic (exact) mass is 379 g/mol. The Morgan fingerprint density at radius 1 is 1.32 bits per heavy atom. The number of benzene rings is 1. The van der Waals surface area contributed by atoms with Crippen molar-refractivity contribution in [1.82, 2.24) is 4.90 Å². The van der Waals surface area contributed by atoms with Crippen LogP contribution in [0.4, 0.5) is 0 Å². The van der Waals surface area contributed by atoms with E-state index in [1.165, 1.54) is 10.4 Å². The number of aliphatic carboxylic acids is 1. The van der Waals surface area contributed by atoms with Gasteiger partial charge in [-0.2, -0.15) is 0 Å². The van der Waals surface area contributed by atoms with Crippen molar-refractivity contribution in [3.63, 3.8) is 0 Å². The van der Waals surface area contributed by atoms with Crippen LogP contribution >= 0.6 is 27.3 Å². The number of hydrogen-bond acceptors (Lipinski definition) is 3. The van der Waals surface area contributed by atoms with Crippen LogP contribution < -0.4 is 0 Å². The van der Waals surface area contributed by atoms with Gasteiger partial charge < -0.3 is 5.11 Å². The fraction of sp³-hybridized carbons (Fsp3) is 0.235. The minimum atomic E-state index is -0.812. The molecule has 0 aliphatic rings. The number of carbonyl (C=O) groups is 1. The SMILES string of the molecule is Cc1ccsc1C(=CCN(C)CC(=O)O)c1ccc(Br)cc1. The average Bonchev–Trinajstić information content (AvgIpc) is 2.86. The van der Waals surface area contributed by atoms with Crippen molar-refractivity contribution >= 4 is 38.8 Å². The van der Waals surface area contributed by atoms with Crippen LogP contribution in [0.15, 0.2) is 46.3 Å². The first kappa shape index (κ1) is 16.9. The minimum Gasteiger partial charge on any atom is -0.480 e. The molecule has 5 heteroatoms. The Labute approximate surface area is 143 Å². The number of carboxylic acid groups (broad SMARTS) is 1. The van der Waals surface area contributed by atoms with E-state index in [-0.39, 0.29) is 6.54 Å². The lowest BCUT2D eigenvalue weighted by molar-refractivity contribution is -0.137. The highest BCUT2D eigenvalue weighted by molar-refractivity contribution is 9.10. The van der Waals surface area contributed by atoms with Crippen LogP contribution in [0.2, 0.25) is 0 Å². The van der Waals surface area contributed by atoms with Crippen molar-refractivity contribution in [3.05, 3.63) is 62.3 Å². The zero-order valence-corrected chi connectivity index (χ0v) is 14.9. The number of nitrogens with zero attached hydrogens (tertiary/aromatic N) is 1. The predicted molar refractivity (Wildman–Crippen MR) is 95.4 cm³/mol. The fourth-order valence-electron chi connectivity index (χ4n) is 2.16. The molecule has 1 aromatic carbocycles. The van der Waals surface area contributed by atoms with E-state index in [0.29, 0.717) is 6.54 Å². The van der Waals surface area contributed by atoms with Gasteiger partial charge in [0.1, 0.15) is 0 Å². The smallest absolute Gasteiger partial charge is 0.317 e. The standard InChI is InChI=1S/C17H18BrNO2S/c1-12-8-10-22-17(12)15(7-9-19(2)11-16(20)21)13-3-5-14(18)6-4-13/h3-8,10H,9,11H2,1-2H3,(H,20,21). The summed E-state index contributed by atoms with van der Waals surface area (Å²) in [5, 5.41) is 10.9. The first-order valence-electron chi connectivity index (χ1n) is 6.88. The van der Waals surface area contributed by atoms with Gasteiger partial charge in [0.25, 0.3) is 0 Å². The first-order valence-corrected chi connectivity index (χ1v) is 8.55. The van der Waals surface area contributed by atoms with Crippen LogP contribution in [-0.4, -0.2) is 36.1 Å². The molecular weight excluding hydrogens is 362 g/mol. The number of halogens is 1. The molecule has 1 heterocycles. The summed E-state index contributed by atoms with van der Waals surface area (Å²) in [7, 11) is 1.81. The van der Waals surface area contributed by atoms with Crippen LogP contribution in [0.25, 0.3) is 5.57 Å². The van der Waals surface area contributed by atoms with Gasteiger partial charge in [-0.15, -0.1) is 11.3 Å². The summed E-state index contributed by atoms with van der Waals surface area (Å²) in [5.41, 5.74) is 3.52. The number of carboxylic acids is 1. The van der Waals surface area contributed by atoms with E-state index in [4.69, 9.17) is 5.11 Å². The molecule has 0 saturated carbocycles. The molecule has 1 aromatic heterocycles. The summed E-state index contributed by atoms with van der Waals surface area (Å²) < 4.78 is 1.04. The Kier molecular flexibility index (Phi) is 5.94. The van der Waals surface area contributed by atoms with E-state index < -0.39 is 5.97 Å². The molecule has 22 heavy (non-hydrogen) atoms. The van der Waals surface area contributed by atoms with Crippen molar-refractivity contribution in [2.24, 2.45) is 0 Å². The van der Waals surface area contributed by atoms with Crippen LogP contribution in [-0.2, 0) is 4.79 Å². The van der Waals surface area contributed by atoms with Gasteiger partial charge in [0.15, 0.2) is 0 Å². The summed E-state index contributed by atoms with van der Waals surface area (Å²) in [5.74, 6) is -0.812. The van der Waals surface area contributed by atoms with Crippen molar-refractivity contribution in [2.45, 2.75) is 6.92 Å². The lowest BCUT2D eigenvalue weighted by Crippen LogP contribution is -2.25. The molecule has 0 fully saturated rings. The molecule has 116 valence electrons. The molecule has 0 unspecified atom stereocenters. The Morgan fingerprint density at radius 3 is 2.55 bits per heavy atom. The second-order valence-electron chi connectivity index (χ2n) is 5.15. The van der Waals surface area contributed by atoms with E-state index >= 15 is 0 Å². The van der Waals surface area contributed by atoms with Crippen molar-refractivity contribution in [2.75, 3.05) is 20.1 Å². The summed E-state index contributed by atoms with van der Waals surface area (Å²) in [6.45, 7) is 2.72. The third kappa shape index (κ3) is 4.53. The Morgan fingerprint density at radius 2 is 2.00 bits per heavy atom. The topological polar surface area (TPSA) is 40.5 Å². The zero-order valence-electron chi connectivity index (χ0n) is 12.5. The normalized spacial score (nSPS) is 11.9. The van der Waals surface area contributed by atoms with Crippen LogP contribution in [0, 0.1) is 6.92 Å². The Bertz CT molecular complexity index is 676. The predicted octanol–water partition coefficient (Wildman–Crippen LogP) is 4.27. The number of thiophene rings is 1. The van der Waals surface area contributed by atoms with Gasteiger partial charge in [0.2, 0.25) is 0 Å². The lowest BCUT2D eigenvalue weighted by Gasteiger charge is -2.14. The molecule has 2 rings (SSSR count). The highest BCUT2D eigenvalue weighted by Crippen LogP contribution is 2.31. The molecule has 3 nitrogen and oxygen atoms in total. The fourth-order valence-corrected chi connectivity index (χ4v) is 3.42. The quantitative estimate of drug-likeness (QED) is 0.814. The molecule has 0 spiro atoms. The number of likely N-dealkylation sites (N-methyl/N-ethyl adjacent to an activating group) is 1. The highest BCUT2D eigenvalue weighted by Gasteiger charge is 2.10. The minimum absolute atomic E-state index is 0.0353. The third-order valence-corrected chi connectivity index (χ3v) is 4.85. The molecule has 0 aliphatic heterocycles. The van der Waals surface area contributed by atoms with Crippen LogP contribution in [0.5, 0.6) is 0 Å². The molecule has 0 saturated heterocycles. The van der Waals surface area contributed by atoms with Crippen LogP contribution in [0.1, 0.15) is 16.0 Å². The lowest BCUT2D eigenvalue weighted by atomic mass is 10.0. The van der Waals surface area contributed by atoms with Crippen molar-refractivity contribution < 1.29 is 9.90 Å². The molecule has 0 radical (unpaired) electrons. The van der Waals surface area contributed by atoms with Gasteiger partial charge >= 0.3 is 5.97 Å². The summed E-state index contributed by atoms with van der Waals surface area (Å²) in [6, 6.07) is 10.3. The maximum Gasteiger partial charge on any atom is 0.317 e. The number of aryl methyl sites for hydroxylation is 1. The number of rotatable bonds is 6. The second kappa shape index (κ2) is 7.72. The molecule has 2 aromatic rings. The van der Waals surface area contributed by atoms with Gasteiger partial charge in [-0.3, -0.25) is 9.69 Å². The van der Waals surface area contributed by atoms with Crippen molar-refractivity contribution in [3.8, 4) is 0 Å². The van der Waals surface area contributed by atoms with E-state index in [1.54, 1.807) is 16.2 Å². The second-order valence-corrected chi connectivity index (χ2v) is 6.98. The molecule has 0 bridgehead atoms. The maximum absolute atomic E-state index is 10.8. The summed E-state index contributed by atoms with van der Waals surface area (Å²) in [4.78, 5) is 13.8. The Hall–Kier alpha value is -1.43. The molecule has 0 aliphatic carbocycles. The van der Waals surface area contributed by atoms with Crippen molar-refractivity contribution in [1.29, 1.82) is 0 Å². The molecule has 1 N–H and O–H groups in total. The van der Waals surface area contributed by atoms with Gasteiger partial charge in [-0.25, -0.2) is 0 Å². The average molecular weight is 380 g/mol. The van der Waals surface area contributed by atoms with Crippen LogP contribution in [0.3, 0.4) is 0 Å². The maximum atomic E-state index is 10.8. The molecule has 0 amide bonds. The summed E-state index contributed by atoms with van der Waals surface area (Å²) in [6.07, 6.45) is 2.10. The summed E-state index contributed by atoms with van der Waals surface area (Å²) >= 11 is 5.16. The van der Waals surface area contributed by atoms with E-state index in [2.05, 4.69) is 52.5 Å². The third-order valence-electron chi connectivity index (χ3n) is 3.27. The molecule has 0 atom stereocenters. The van der Waals surface area contributed by atoms with Gasteiger partial charge in [0, 0.05) is 15.9 Å². The highest BCUT2D eigenvalue weighted by atomic mass is 79.9. The Balaban J connectivity index is 2.32. The van der Waals surface area contributed by atoms with E-state index in [1.807, 2.05) is 19.2 Å². The van der Waals surface area contributed by atoms with E-state index in [0.717, 1.165) is 15.6 Å². The van der Waals surface area contributed by atoms with Gasteiger partial charge in [0.05, 0.1) is 6.54 Å². The first-order chi connectivity index (χ1) is 10.5. The van der Waals surface area contributed by atoms with E-state index in [9.17, 15) is 4.79 Å². The largest absolute Gasteiger partial charge is 0.480 e.